The zero-order chi connectivity index (χ0) is 16.2. The van der Waals surface area contributed by atoms with Gasteiger partial charge in [0.15, 0.2) is 0 Å². The molecule has 0 aromatic heterocycles. The number of hydrogen-bond acceptors (Lipinski definition) is 1. The Bertz CT molecular complexity index is 864. The van der Waals surface area contributed by atoms with Crippen LogP contribution in [0.1, 0.15) is 11.1 Å². The highest BCUT2D eigenvalue weighted by Gasteiger charge is 2.38. The van der Waals surface area contributed by atoms with E-state index < -0.39 is 8.46 Å². The molecular weight excluding hydrogens is 368 g/mol. The maximum absolute atomic E-state index is 10.1. The molecule has 1 heterocycles. The molecule has 0 spiro atoms. The van der Waals surface area contributed by atoms with E-state index >= 15 is 0 Å². The van der Waals surface area contributed by atoms with Crippen molar-refractivity contribution < 1.29 is 5.11 Å². The molecule has 0 amide bonds. The van der Waals surface area contributed by atoms with Crippen LogP contribution in [0.4, 0.5) is 0 Å². The molecule has 1 aliphatic rings. The van der Waals surface area contributed by atoms with Crippen molar-refractivity contribution in [1.29, 1.82) is 0 Å². The number of benzene rings is 3. The smallest absolute Gasteiger partial charge is 0.121 e. The Hall–Kier alpha value is -1.71. The number of fused-ring (bicyclic) bond motifs is 3. The molecule has 23 heavy (non-hydrogen) atoms. The van der Waals surface area contributed by atoms with E-state index in [1.165, 1.54) is 25.8 Å². The van der Waals surface area contributed by atoms with Gasteiger partial charge in [-0.2, -0.15) is 0 Å². The molecule has 116 valence electrons. The van der Waals surface area contributed by atoms with Crippen molar-refractivity contribution in [1.82, 2.24) is 0 Å². The Labute approximate surface area is 145 Å². The lowest BCUT2D eigenvalue weighted by Crippen LogP contribution is -1.94. The Morgan fingerprint density at radius 3 is 1.70 bits per heavy atom. The fourth-order valence-corrected chi connectivity index (χ4v) is 8.49. The van der Waals surface area contributed by atoms with Crippen LogP contribution in [0.5, 0.6) is 5.75 Å². The van der Waals surface area contributed by atoms with E-state index in [9.17, 15) is 5.11 Å². The number of halogens is 1. The van der Waals surface area contributed by atoms with Crippen LogP contribution in [0.15, 0.2) is 75.4 Å². The lowest BCUT2D eigenvalue weighted by atomic mass is 10.1. The Morgan fingerprint density at radius 1 is 0.783 bits per heavy atom. The molecule has 0 unspecified atom stereocenters. The molecule has 1 aliphatic heterocycles. The molecule has 0 bridgehead atoms. The van der Waals surface area contributed by atoms with Gasteiger partial charge >= 0.3 is 0 Å². The van der Waals surface area contributed by atoms with Crippen molar-refractivity contribution in [2.24, 2.45) is 0 Å². The molecule has 0 saturated carbocycles. The monoisotopic (exact) mass is 384 g/mol. The summed E-state index contributed by atoms with van der Waals surface area (Å²) in [6.45, 7) is 3.93. The number of phenols is 1. The van der Waals surface area contributed by atoms with Crippen LogP contribution in [-0.4, -0.2) is 5.11 Å². The average Bonchev–Trinajstić information content (AvgIpc) is 2.84. The summed E-state index contributed by atoms with van der Waals surface area (Å²) in [5.41, 5.74) is 4.46. The van der Waals surface area contributed by atoms with E-state index in [2.05, 4.69) is 75.5 Å². The van der Waals surface area contributed by atoms with E-state index in [0.717, 1.165) is 11.1 Å². The second-order valence-corrected chi connectivity index (χ2v) is 11.3. The first-order valence-electron chi connectivity index (χ1n) is 7.55. The van der Waals surface area contributed by atoms with Gasteiger partial charge in [0, 0.05) is 14.7 Å². The van der Waals surface area contributed by atoms with Crippen LogP contribution in [0.25, 0.3) is 11.1 Å². The molecule has 0 aliphatic carbocycles. The zero-order valence-electron chi connectivity index (χ0n) is 13.0. The van der Waals surface area contributed by atoms with Gasteiger partial charge in [-0.3, -0.25) is 0 Å². The minimum Gasteiger partial charge on any atom is -0.507 e. The van der Waals surface area contributed by atoms with Gasteiger partial charge in [-0.15, -0.1) is 0 Å². The number of phenolic OH excluding ortho intramolecular Hbond substituents is 1. The summed E-state index contributed by atoms with van der Waals surface area (Å²) in [4.78, 5) is 3.92. The summed E-state index contributed by atoms with van der Waals surface area (Å²) < 4.78 is 0. The summed E-state index contributed by atoms with van der Waals surface area (Å²) in [5, 5.41) is 10.1. The lowest BCUT2D eigenvalue weighted by molar-refractivity contribution is 0.466. The Kier molecular flexibility index (Phi) is 3.33. The highest BCUT2D eigenvalue weighted by atomic mass is 79.9. The lowest BCUT2D eigenvalue weighted by Gasteiger charge is -2.32. The number of hydrogen-bond donors (Lipinski definition) is 1. The fourth-order valence-electron chi connectivity index (χ4n) is 3.32. The first kappa shape index (κ1) is 14.9. The predicted molar refractivity (Wildman–Crippen MR) is 101 cm³/mol. The van der Waals surface area contributed by atoms with Crippen LogP contribution in [0.2, 0.25) is 0 Å². The van der Waals surface area contributed by atoms with Crippen LogP contribution >= 0.6 is 23.3 Å². The summed E-state index contributed by atoms with van der Waals surface area (Å²) >= 11 is 4.15. The van der Waals surface area contributed by atoms with Crippen molar-refractivity contribution in [3.63, 3.8) is 0 Å². The predicted octanol–water partition coefficient (Wildman–Crippen LogP) is 6.58. The number of aromatic hydroxyl groups is 1. The molecule has 0 saturated heterocycles. The SMILES string of the molecule is Cc1cc(S2(Br)c3ccccc3-c3ccccc32)cc(C)c1O. The molecule has 0 atom stereocenters. The number of rotatable bonds is 1. The second kappa shape index (κ2) is 5.15. The van der Waals surface area contributed by atoms with Gasteiger partial charge in [-0.25, -0.2) is 0 Å². The first-order chi connectivity index (χ1) is 11.0. The molecule has 4 rings (SSSR count). The largest absolute Gasteiger partial charge is 0.507 e. The summed E-state index contributed by atoms with van der Waals surface area (Å²) in [6, 6.07) is 21.5. The summed E-state index contributed by atoms with van der Waals surface area (Å²) in [5.74, 6) is 0.392. The molecule has 3 heteroatoms. The van der Waals surface area contributed by atoms with Crippen molar-refractivity contribution in [3.8, 4) is 16.9 Å². The molecule has 3 aromatic carbocycles. The zero-order valence-corrected chi connectivity index (χ0v) is 15.4. The molecule has 0 fully saturated rings. The third-order valence-electron chi connectivity index (χ3n) is 4.46. The van der Waals surface area contributed by atoms with Gasteiger partial charge < -0.3 is 5.11 Å². The highest BCUT2D eigenvalue weighted by Crippen LogP contribution is 2.80. The first-order valence-corrected chi connectivity index (χ1v) is 11.0. The average molecular weight is 385 g/mol. The van der Waals surface area contributed by atoms with Gasteiger partial charge in [-0.1, -0.05) is 44.9 Å². The third kappa shape index (κ3) is 2.00. The van der Waals surface area contributed by atoms with Crippen molar-refractivity contribution in [2.45, 2.75) is 28.5 Å². The van der Waals surface area contributed by atoms with Gasteiger partial charge in [0.05, 0.1) is 0 Å². The topological polar surface area (TPSA) is 20.2 Å². The minimum absolute atomic E-state index is 0.392. The minimum atomic E-state index is -1.46. The van der Waals surface area contributed by atoms with E-state index in [1.54, 1.807) is 0 Å². The molecule has 3 aromatic rings. The van der Waals surface area contributed by atoms with Crippen LogP contribution in [-0.2, 0) is 0 Å². The number of aryl methyl sites for hydroxylation is 2. The van der Waals surface area contributed by atoms with Crippen molar-refractivity contribution in [3.05, 3.63) is 71.8 Å². The second-order valence-electron chi connectivity index (χ2n) is 5.94. The fraction of sp³-hybridized carbons (Fsp3) is 0.100. The molecular formula is C20H17BrOS. The maximum atomic E-state index is 10.1. The van der Waals surface area contributed by atoms with Crippen LogP contribution < -0.4 is 0 Å². The summed E-state index contributed by atoms with van der Waals surface area (Å²) in [7, 11) is -1.46. The van der Waals surface area contributed by atoms with E-state index in [-0.39, 0.29) is 0 Å². The Morgan fingerprint density at radius 2 is 1.22 bits per heavy atom. The molecule has 1 N–H and O–H groups in total. The third-order valence-corrected chi connectivity index (χ3v) is 10.5. The van der Waals surface area contributed by atoms with E-state index in [4.69, 9.17) is 0 Å². The molecule has 1 nitrogen and oxygen atoms in total. The van der Waals surface area contributed by atoms with Crippen molar-refractivity contribution in [2.75, 3.05) is 0 Å². The molecule has 0 radical (unpaired) electrons. The van der Waals surface area contributed by atoms with Gasteiger partial charge in [0.1, 0.15) is 5.75 Å². The normalized spacial score (nSPS) is 15.8. The standard InChI is InChI=1S/C20H17BrOS/c1-13-11-15(12-14(2)20(13)22)23(21)18-9-5-3-7-16(18)17-8-4-6-10-19(17)23/h3-12,22H,1-2H3. The summed E-state index contributed by atoms with van der Waals surface area (Å²) in [6.07, 6.45) is 0. The van der Waals surface area contributed by atoms with Gasteiger partial charge in [-0.05, 0) is 75.2 Å². The quantitative estimate of drug-likeness (QED) is 0.502. The van der Waals surface area contributed by atoms with Crippen LogP contribution in [0.3, 0.4) is 0 Å². The van der Waals surface area contributed by atoms with Gasteiger partial charge in [0.2, 0.25) is 0 Å². The van der Waals surface area contributed by atoms with Gasteiger partial charge in [0.25, 0.3) is 0 Å². The van der Waals surface area contributed by atoms with E-state index in [1.807, 2.05) is 13.8 Å². The van der Waals surface area contributed by atoms with E-state index in [0.29, 0.717) is 5.75 Å². The highest BCUT2D eigenvalue weighted by molar-refractivity contribution is 9.58. The maximum Gasteiger partial charge on any atom is 0.121 e. The Balaban J connectivity index is 2.08. The van der Waals surface area contributed by atoms with Crippen LogP contribution in [0, 0.1) is 13.8 Å². The van der Waals surface area contributed by atoms with Crippen molar-refractivity contribution >= 4 is 23.3 Å².